The summed E-state index contributed by atoms with van der Waals surface area (Å²) in [6, 6.07) is 9.76. The van der Waals surface area contributed by atoms with Crippen molar-refractivity contribution in [3.63, 3.8) is 0 Å². The molecular formula is C21H26N6O5S. The third-order valence-electron chi connectivity index (χ3n) is 6.01. The van der Waals surface area contributed by atoms with E-state index < -0.39 is 10.0 Å². The molecule has 2 aliphatic rings. The number of nitrogens with zero attached hydrogens (tertiary/aromatic N) is 6. The molecule has 1 amide bonds. The molecule has 0 bridgehead atoms. The van der Waals surface area contributed by atoms with Gasteiger partial charge < -0.3 is 9.80 Å². The Balaban J connectivity index is 1.27. The monoisotopic (exact) mass is 474 g/mol. The van der Waals surface area contributed by atoms with Gasteiger partial charge in [-0.15, -0.1) is 0 Å². The molecular weight excluding hydrogens is 448 g/mol. The van der Waals surface area contributed by atoms with Gasteiger partial charge in [-0.3, -0.25) is 24.8 Å². The number of benzene rings is 1. The van der Waals surface area contributed by atoms with Crippen LogP contribution in [0.5, 0.6) is 0 Å². The molecule has 0 radical (unpaired) electrons. The molecule has 0 spiro atoms. The van der Waals surface area contributed by atoms with Gasteiger partial charge >= 0.3 is 0 Å². The Morgan fingerprint density at radius 3 is 2.30 bits per heavy atom. The van der Waals surface area contributed by atoms with Crippen molar-refractivity contribution >= 4 is 27.3 Å². The Hall–Kier alpha value is -3.09. The molecule has 0 saturated carbocycles. The second-order valence-electron chi connectivity index (χ2n) is 7.98. The molecule has 176 valence electrons. The fraction of sp³-hybridized carbons (Fsp3) is 0.429. The van der Waals surface area contributed by atoms with Crippen LogP contribution in [0.15, 0.2) is 53.7 Å². The number of para-hydroxylation sites is 2. The average Bonchev–Trinajstić information content (AvgIpc) is 2.85. The molecule has 2 aliphatic heterocycles. The third kappa shape index (κ3) is 5.13. The Kier molecular flexibility index (Phi) is 6.86. The first-order chi connectivity index (χ1) is 15.9. The summed E-state index contributed by atoms with van der Waals surface area (Å²) in [5, 5.41) is 11.3. The van der Waals surface area contributed by atoms with Crippen LogP contribution in [0.4, 0.5) is 11.4 Å². The summed E-state index contributed by atoms with van der Waals surface area (Å²) in [6.45, 7) is 3.82. The number of hydrogen-bond donors (Lipinski definition) is 0. The lowest BCUT2D eigenvalue weighted by Gasteiger charge is -2.38. The second-order valence-corrected chi connectivity index (χ2v) is 9.92. The van der Waals surface area contributed by atoms with Gasteiger partial charge in [-0.2, -0.15) is 4.31 Å². The van der Waals surface area contributed by atoms with E-state index >= 15 is 0 Å². The lowest BCUT2D eigenvalue weighted by Crippen LogP contribution is -2.54. The van der Waals surface area contributed by atoms with Crippen molar-refractivity contribution in [3.05, 3.63) is 58.9 Å². The van der Waals surface area contributed by atoms with Gasteiger partial charge in [0.2, 0.25) is 15.9 Å². The Labute approximate surface area is 192 Å². The third-order valence-corrected chi connectivity index (χ3v) is 7.90. The molecule has 33 heavy (non-hydrogen) atoms. The summed E-state index contributed by atoms with van der Waals surface area (Å²) in [4.78, 5) is 33.4. The molecule has 11 nitrogen and oxygen atoms in total. The van der Waals surface area contributed by atoms with Gasteiger partial charge in [-0.05, 0) is 18.2 Å². The van der Waals surface area contributed by atoms with Crippen molar-refractivity contribution in [1.82, 2.24) is 19.1 Å². The number of rotatable bonds is 6. The lowest BCUT2D eigenvalue weighted by atomic mass is 10.2. The van der Waals surface area contributed by atoms with Gasteiger partial charge in [-0.25, -0.2) is 8.42 Å². The van der Waals surface area contributed by atoms with Crippen molar-refractivity contribution in [2.24, 2.45) is 0 Å². The minimum Gasteiger partial charge on any atom is -0.362 e. The Morgan fingerprint density at radius 1 is 0.970 bits per heavy atom. The maximum Gasteiger partial charge on any atom is 0.292 e. The smallest absolute Gasteiger partial charge is 0.292 e. The van der Waals surface area contributed by atoms with Gasteiger partial charge in [0.05, 0.1) is 11.5 Å². The average molecular weight is 475 g/mol. The summed E-state index contributed by atoms with van der Waals surface area (Å²) in [6.07, 6.45) is 2.87. The zero-order valence-electron chi connectivity index (χ0n) is 18.1. The molecule has 1 aromatic carbocycles. The predicted octanol–water partition coefficient (Wildman–Crippen LogP) is 0.645. The number of nitro benzene ring substituents is 1. The van der Waals surface area contributed by atoms with E-state index in [2.05, 4.69) is 4.98 Å². The van der Waals surface area contributed by atoms with E-state index in [9.17, 15) is 23.3 Å². The predicted molar refractivity (Wildman–Crippen MR) is 121 cm³/mol. The van der Waals surface area contributed by atoms with E-state index in [1.165, 1.54) is 28.8 Å². The van der Waals surface area contributed by atoms with Crippen LogP contribution in [0.1, 0.15) is 0 Å². The van der Waals surface area contributed by atoms with Crippen molar-refractivity contribution in [3.8, 4) is 0 Å². The lowest BCUT2D eigenvalue weighted by molar-refractivity contribution is -0.384. The Morgan fingerprint density at radius 2 is 1.67 bits per heavy atom. The van der Waals surface area contributed by atoms with E-state index in [-0.39, 0.29) is 28.0 Å². The van der Waals surface area contributed by atoms with E-state index in [0.717, 1.165) is 0 Å². The maximum absolute atomic E-state index is 12.8. The van der Waals surface area contributed by atoms with Crippen LogP contribution in [0.3, 0.4) is 0 Å². The number of hydrogen-bond acceptors (Lipinski definition) is 8. The number of pyridine rings is 1. The molecule has 3 heterocycles. The summed E-state index contributed by atoms with van der Waals surface area (Å²) >= 11 is 0. The minimum absolute atomic E-state index is 0.0132. The molecule has 0 atom stereocenters. The highest BCUT2D eigenvalue weighted by molar-refractivity contribution is 7.89. The molecule has 2 fully saturated rings. The van der Waals surface area contributed by atoms with Crippen LogP contribution in [0.25, 0.3) is 0 Å². The molecule has 2 saturated heterocycles. The van der Waals surface area contributed by atoms with Crippen molar-refractivity contribution in [2.75, 3.05) is 63.8 Å². The van der Waals surface area contributed by atoms with Crippen LogP contribution in [-0.2, 0) is 14.8 Å². The highest BCUT2D eigenvalue weighted by Crippen LogP contribution is 2.28. The number of aromatic nitrogens is 1. The fourth-order valence-corrected chi connectivity index (χ4v) is 5.54. The molecule has 4 rings (SSSR count). The summed E-state index contributed by atoms with van der Waals surface area (Å²) in [5.74, 6) is -0.0132. The topological polar surface area (TPSA) is 120 Å². The van der Waals surface area contributed by atoms with E-state index in [1.54, 1.807) is 29.2 Å². The molecule has 0 aliphatic carbocycles. The molecule has 0 unspecified atom stereocenters. The van der Waals surface area contributed by atoms with Crippen molar-refractivity contribution in [1.29, 1.82) is 0 Å². The number of carbonyl (C=O) groups is 1. The quantitative estimate of drug-likeness (QED) is 0.442. The first-order valence-corrected chi connectivity index (χ1v) is 12.2. The molecule has 2 aromatic rings. The molecule has 0 N–H and O–H groups in total. The zero-order chi connectivity index (χ0) is 23.4. The zero-order valence-corrected chi connectivity index (χ0v) is 18.9. The summed E-state index contributed by atoms with van der Waals surface area (Å²) in [7, 11) is -3.58. The van der Waals surface area contributed by atoms with Crippen LogP contribution in [-0.4, -0.2) is 97.2 Å². The normalized spacial score (nSPS) is 18.3. The second kappa shape index (κ2) is 9.81. The summed E-state index contributed by atoms with van der Waals surface area (Å²) in [5.41, 5.74) is 0.636. The number of sulfonamides is 1. The van der Waals surface area contributed by atoms with E-state index in [0.29, 0.717) is 58.0 Å². The number of amides is 1. The Bertz CT molecular complexity index is 1100. The first kappa shape index (κ1) is 23.1. The number of anilines is 1. The first-order valence-electron chi connectivity index (χ1n) is 10.7. The number of piperazine rings is 2. The maximum atomic E-state index is 12.8. The van der Waals surface area contributed by atoms with E-state index in [4.69, 9.17) is 0 Å². The number of carbonyl (C=O) groups excluding carboxylic acids is 1. The standard InChI is InChI=1S/C21H26N6O5S/c28-21(25-12-10-24(11-13-25)19-5-1-2-6-20(19)27(29)30)17-23-8-14-26(15-9-23)33(31,32)18-4-3-7-22-16-18/h1-7,16H,8-15,17H2. The van der Waals surface area contributed by atoms with Crippen molar-refractivity contribution in [2.45, 2.75) is 4.90 Å². The largest absolute Gasteiger partial charge is 0.362 e. The van der Waals surface area contributed by atoms with Crippen LogP contribution < -0.4 is 4.90 Å². The minimum atomic E-state index is -3.58. The molecule has 12 heteroatoms. The van der Waals surface area contributed by atoms with Crippen LogP contribution in [0, 0.1) is 10.1 Å². The van der Waals surface area contributed by atoms with Gasteiger partial charge in [0.15, 0.2) is 0 Å². The van der Waals surface area contributed by atoms with Gasteiger partial charge in [-0.1, -0.05) is 12.1 Å². The molecule has 1 aromatic heterocycles. The van der Waals surface area contributed by atoms with Gasteiger partial charge in [0.25, 0.3) is 5.69 Å². The highest BCUT2D eigenvalue weighted by Gasteiger charge is 2.31. The van der Waals surface area contributed by atoms with Gasteiger partial charge in [0, 0.05) is 70.8 Å². The summed E-state index contributed by atoms with van der Waals surface area (Å²) < 4.78 is 26.9. The number of nitro groups is 1. The fourth-order valence-electron chi connectivity index (χ4n) is 4.15. The van der Waals surface area contributed by atoms with Gasteiger partial charge in [0.1, 0.15) is 10.6 Å². The van der Waals surface area contributed by atoms with Crippen LogP contribution in [0.2, 0.25) is 0 Å². The van der Waals surface area contributed by atoms with E-state index in [1.807, 2.05) is 9.80 Å². The van der Waals surface area contributed by atoms with Crippen molar-refractivity contribution < 1.29 is 18.1 Å². The van der Waals surface area contributed by atoms with Crippen LogP contribution >= 0.6 is 0 Å². The highest BCUT2D eigenvalue weighted by atomic mass is 32.2. The SMILES string of the molecule is O=C(CN1CCN(S(=O)(=O)c2cccnc2)CC1)N1CCN(c2ccccc2[N+](=O)[O-])CC1.